The standard InChI is InChI=1S/C56H88N8O14/c1-15-43-56(10,70)48(77-52(67)58-28-39-21-23-57-24-22-39)37(6)63(13)30-33(2)26-54(8,69)47(76-51-45(65)42(62(11)12)25-34(3)72-51)35(4)46(36(5)50(66)74-43)75-44-27-55(9,71-14)49(38(7)73-44)78-53(68)59-29-41-32-64(61-60-41)31-40-19-17-16-18-20-40/h16-24,32-38,42-49,51,65,69-70H,15,25-31H2,1-14H3,(H,58,67)(H,59,68)/t33-,34-,35+,36-,37-,38+,42+,43-,44+,45-,46+,47-,48-,49+,51+,54-,55-,56-/m1/s1. The Labute approximate surface area is 460 Å². The van der Waals surface area contributed by atoms with Gasteiger partial charge in [-0.25, -0.2) is 14.3 Å². The fraction of sp³-hybridized carbons (Fsp3) is 0.714. The van der Waals surface area contributed by atoms with Crippen LogP contribution in [0.3, 0.4) is 0 Å². The fourth-order valence-electron chi connectivity index (χ4n) is 11.6. The van der Waals surface area contributed by atoms with Gasteiger partial charge in [-0.3, -0.25) is 14.7 Å². The van der Waals surface area contributed by atoms with Gasteiger partial charge in [0.1, 0.15) is 29.1 Å². The first-order valence-electron chi connectivity index (χ1n) is 27.3. The molecule has 3 saturated heterocycles. The summed E-state index contributed by atoms with van der Waals surface area (Å²) in [5.74, 6) is -3.06. The van der Waals surface area contributed by atoms with Gasteiger partial charge in [-0.15, -0.1) is 5.10 Å². The maximum Gasteiger partial charge on any atom is 0.407 e. The van der Waals surface area contributed by atoms with Crippen molar-refractivity contribution in [3.8, 4) is 0 Å². The van der Waals surface area contributed by atoms with Crippen LogP contribution in [0.1, 0.15) is 112 Å². The molecule has 0 aliphatic carbocycles. The molecule has 3 aliphatic rings. The van der Waals surface area contributed by atoms with Crippen LogP contribution in [0.15, 0.2) is 61.1 Å². The quantitative estimate of drug-likeness (QED) is 0.101. The first-order chi connectivity index (χ1) is 36.8. The summed E-state index contributed by atoms with van der Waals surface area (Å²) in [6.07, 6.45) is -6.06. The number of carbonyl (C=O) groups is 3. The molecule has 2 amide bonds. The van der Waals surface area contributed by atoms with Crippen LogP contribution in [-0.4, -0.2) is 188 Å². The van der Waals surface area contributed by atoms with Crippen molar-refractivity contribution in [3.05, 3.63) is 77.9 Å². The molecule has 3 fully saturated rings. The number of alkyl carbamates (subject to hydrolysis) is 2. The van der Waals surface area contributed by atoms with Crippen molar-refractivity contribution in [2.75, 3.05) is 34.8 Å². The average Bonchev–Trinajstić information content (AvgIpc) is 3.86. The fourth-order valence-corrected chi connectivity index (χ4v) is 11.6. The number of hydrogen-bond donors (Lipinski definition) is 5. The van der Waals surface area contributed by atoms with Crippen molar-refractivity contribution < 1.29 is 67.6 Å². The number of methoxy groups -OCH3 is 1. The maximum absolute atomic E-state index is 15.0. The summed E-state index contributed by atoms with van der Waals surface area (Å²) >= 11 is 0. The summed E-state index contributed by atoms with van der Waals surface area (Å²) in [4.78, 5) is 50.0. The predicted octanol–water partition coefficient (Wildman–Crippen LogP) is 4.80. The van der Waals surface area contributed by atoms with Crippen LogP contribution >= 0.6 is 0 Å². The molecule has 3 aromatic rings. The summed E-state index contributed by atoms with van der Waals surface area (Å²) in [5, 5.41) is 51.4. The molecule has 0 saturated carbocycles. The number of cyclic esters (lactones) is 1. The number of carbonyl (C=O) groups excluding carboxylic acids is 3. The predicted molar refractivity (Wildman–Crippen MR) is 286 cm³/mol. The third kappa shape index (κ3) is 15.7. The molecule has 0 spiro atoms. The minimum absolute atomic E-state index is 0.00871. The number of aliphatic hydroxyl groups is 3. The molecule has 18 atom stereocenters. The average molecular weight is 1100 g/mol. The number of aromatic nitrogens is 4. The second-order valence-corrected chi connectivity index (χ2v) is 22.9. The Morgan fingerprint density at radius 1 is 0.872 bits per heavy atom. The van der Waals surface area contributed by atoms with E-state index in [1.807, 2.05) is 82.0 Å². The summed E-state index contributed by atoms with van der Waals surface area (Å²) in [5.41, 5.74) is -2.48. The Bertz CT molecular complexity index is 2370. The van der Waals surface area contributed by atoms with E-state index < -0.39 is 108 Å². The van der Waals surface area contributed by atoms with Crippen LogP contribution < -0.4 is 10.6 Å². The van der Waals surface area contributed by atoms with E-state index in [2.05, 4.69) is 25.9 Å². The molecule has 2 aromatic heterocycles. The summed E-state index contributed by atoms with van der Waals surface area (Å²) in [6.45, 7) is 18.6. The number of esters is 1. The zero-order chi connectivity index (χ0) is 57.3. The van der Waals surface area contributed by atoms with Crippen molar-refractivity contribution in [1.82, 2.24) is 40.4 Å². The molecule has 22 nitrogen and oxygen atoms in total. The van der Waals surface area contributed by atoms with Crippen LogP contribution in [0, 0.1) is 17.8 Å². The molecule has 3 aliphatic heterocycles. The Hall–Kier alpha value is -4.88. The number of likely N-dealkylation sites (N-methyl/N-ethyl adjacent to an activating group) is 2. The van der Waals surface area contributed by atoms with E-state index in [9.17, 15) is 29.7 Å². The van der Waals surface area contributed by atoms with Crippen molar-refractivity contribution in [3.63, 3.8) is 0 Å². The van der Waals surface area contributed by atoms with Crippen LogP contribution in [0.25, 0.3) is 0 Å². The Kier molecular flexibility index (Phi) is 21.6. The molecule has 5 heterocycles. The minimum Gasteiger partial charge on any atom is -0.459 e. The van der Waals surface area contributed by atoms with E-state index in [0.717, 1.165) is 11.1 Å². The number of rotatable bonds is 15. The van der Waals surface area contributed by atoms with E-state index in [4.69, 9.17) is 37.9 Å². The second-order valence-electron chi connectivity index (χ2n) is 22.9. The number of pyridine rings is 1. The highest BCUT2D eigenvalue weighted by atomic mass is 16.7. The maximum atomic E-state index is 15.0. The minimum atomic E-state index is -1.95. The lowest BCUT2D eigenvalue weighted by Gasteiger charge is -2.49. The Morgan fingerprint density at radius 3 is 2.17 bits per heavy atom. The highest BCUT2D eigenvalue weighted by Crippen LogP contribution is 2.41. The molecule has 22 heteroatoms. The first-order valence-corrected chi connectivity index (χ1v) is 27.3. The smallest absolute Gasteiger partial charge is 0.407 e. The van der Waals surface area contributed by atoms with E-state index in [-0.39, 0.29) is 50.4 Å². The molecule has 0 radical (unpaired) electrons. The van der Waals surface area contributed by atoms with Gasteiger partial charge in [-0.1, -0.05) is 56.3 Å². The van der Waals surface area contributed by atoms with E-state index in [1.165, 1.54) is 14.0 Å². The normalized spacial score (nSPS) is 36.6. The molecule has 436 valence electrons. The van der Waals surface area contributed by atoms with Crippen molar-refractivity contribution in [2.24, 2.45) is 17.8 Å². The highest BCUT2D eigenvalue weighted by molar-refractivity contribution is 5.73. The number of ether oxygens (including phenoxy) is 8. The summed E-state index contributed by atoms with van der Waals surface area (Å²) in [6, 6.07) is 12.3. The molecular weight excluding hydrogens is 1010 g/mol. The lowest BCUT2D eigenvalue weighted by atomic mass is 9.77. The topological polar surface area (TPSA) is 260 Å². The number of hydrogen-bond acceptors (Lipinski definition) is 19. The lowest BCUT2D eigenvalue weighted by Crippen LogP contribution is -2.61. The van der Waals surface area contributed by atoms with Crippen molar-refractivity contribution in [2.45, 2.75) is 205 Å². The van der Waals surface area contributed by atoms with E-state index in [1.54, 1.807) is 76.9 Å². The number of nitrogens with one attached hydrogen (secondary N) is 2. The number of nitrogens with zero attached hydrogens (tertiary/aromatic N) is 6. The summed E-state index contributed by atoms with van der Waals surface area (Å²) < 4.78 is 53.0. The third-order valence-electron chi connectivity index (χ3n) is 16.0. The van der Waals surface area contributed by atoms with Gasteiger partial charge in [0.05, 0.1) is 55.2 Å². The van der Waals surface area contributed by atoms with E-state index in [0.29, 0.717) is 25.2 Å². The van der Waals surface area contributed by atoms with Crippen LogP contribution in [0.5, 0.6) is 0 Å². The van der Waals surface area contributed by atoms with E-state index >= 15 is 0 Å². The molecule has 0 bridgehead atoms. The first kappa shape index (κ1) is 62.3. The number of amides is 2. The molecular formula is C56H88N8O14. The highest BCUT2D eigenvalue weighted by Gasteiger charge is 2.54. The zero-order valence-electron chi connectivity index (χ0n) is 48.1. The Balaban J connectivity index is 1.30. The monoisotopic (exact) mass is 1100 g/mol. The van der Waals surface area contributed by atoms with Crippen LogP contribution in [-0.2, 0) is 62.3 Å². The second kappa shape index (κ2) is 27.1. The molecule has 5 N–H and O–H groups in total. The lowest BCUT2D eigenvalue weighted by molar-refractivity contribution is -0.317. The zero-order valence-corrected chi connectivity index (χ0v) is 48.1. The summed E-state index contributed by atoms with van der Waals surface area (Å²) in [7, 11) is 7.08. The van der Waals surface area contributed by atoms with Gasteiger partial charge < -0.3 is 68.7 Å². The van der Waals surface area contributed by atoms with Gasteiger partial charge >= 0.3 is 18.2 Å². The SMILES string of the molecule is CC[C@H]1OC(=O)[C@H](C)[C@@H](O[C@H]2C[C@@](C)(OC)[C@@H](OC(=O)NCc3cn(Cc4ccccc4)nn3)[C@H](C)O2)[C@H](C)[C@@H](O[C@@H]2O[C@H](C)C[C@H](N(C)C)[C@H]2O)[C@](C)(O)C[C@@H](C)CN(C)[C@H](C)[C@@H](OC(=O)NCc2ccncc2)[C@]1(C)O. The van der Waals surface area contributed by atoms with Gasteiger partial charge in [-0.05, 0) is 118 Å². The largest absolute Gasteiger partial charge is 0.459 e. The molecule has 1 aromatic carbocycles. The third-order valence-corrected chi connectivity index (χ3v) is 16.0. The number of aliphatic hydroxyl groups excluding tert-OH is 1. The number of benzene rings is 1. The van der Waals surface area contributed by atoms with Gasteiger partial charge in [0.2, 0.25) is 0 Å². The van der Waals surface area contributed by atoms with Gasteiger partial charge in [0.25, 0.3) is 0 Å². The molecule has 78 heavy (non-hydrogen) atoms. The molecule has 0 unspecified atom stereocenters. The van der Waals surface area contributed by atoms with Crippen LogP contribution in [0.4, 0.5) is 9.59 Å². The van der Waals surface area contributed by atoms with Gasteiger partial charge in [0.15, 0.2) is 24.8 Å². The van der Waals surface area contributed by atoms with Crippen LogP contribution in [0.2, 0.25) is 0 Å². The van der Waals surface area contributed by atoms with Gasteiger partial charge in [0, 0.05) is 57.0 Å². The Morgan fingerprint density at radius 2 is 1.53 bits per heavy atom. The molecule has 6 rings (SSSR count). The van der Waals surface area contributed by atoms with Gasteiger partial charge in [-0.2, -0.15) is 0 Å². The van der Waals surface area contributed by atoms with Crippen molar-refractivity contribution >= 4 is 18.2 Å². The van der Waals surface area contributed by atoms with Crippen molar-refractivity contribution in [1.29, 1.82) is 0 Å².